The molecule has 3 aliphatic rings. The number of benzene rings is 2. The molecule has 0 radical (unpaired) electrons. The lowest BCUT2D eigenvalue weighted by Crippen LogP contribution is -2.50. The Kier molecular flexibility index (Phi) is 4.15. The first-order chi connectivity index (χ1) is 11.7. The minimum Gasteiger partial charge on any atom is -0.497 e. The lowest BCUT2D eigenvalue weighted by molar-refractivity contribution is 0.0496. The Morgan fingerprint density at radius 3 is 2.67 bits per heavy atom. The number of amides is 1. The largest absolute Gasteiger partial charge is 0.497 e. The van der Waals surface area contributed by atoms with Gasteiger partial charge >= 0.3 is 0 Å². The Labute approximate surface area is 142 Å². The van der Waals surface area contributed by atoms with Gasteiger partial charge in [-0.1, -0.05) is 12.1 Å². The van der Waals surface area contributed by atoms with Crippen molar-refractivity contribution >= 4 is 16.7 Å². The topological polar surface area (TPSA) is 41.6 Å². The second-order valence-electron chi connectivity index (χ2n) is 7.04. The Morgan fingerprint density at radius 1 is 1.17 bits per heavy atom. The van der Waals surface area contributed by atoms with Gasteiger partial charge < -0.3 is 15.0 Å². The highest BCUT2D eigenvalue weighted by atomic mass is 16.5. The monoisotopic (exact) mass is 324 g/mol. The van der Waals surface area contributed by atoms with E-state index in [0.29, 0.717) is 5.92 Å². The van der Waals surface area contributed by atoms with Gasteiger partial charge in [0.1, 0.15) is 5.75 Å². The van der Waals surface area contributed by atoms with E-state index in [1.54, 1.807) is 7.11 Å². The zero-order valence-corrected chi connectivity index (χ0v) is 14.1. The van der Waals surface area contributed by atoms with E-state index in [9.17, 15) is 4.79 Å². The zero-order valence-electron chi connectivity index (χ0n) is 14.1. The molecule has 1 N–H and O–H groups in total. The maximum atomic E-state index is 12.5. The van der Waals surface area contributed by atoms with Crippen LogP contribution in [0.25, 0.3) is 10.8 Å². The molecule has 1 atom stereocenters. The van der Waals surface area contributed by atoms with Crippen LogP contribution < -0.4 is 10.1 Å². The number of rotatable bonds is 4. The molecule has 4 nitrogen and oxygen atoms in total. The standard InChI is InChI=1S/C20H24N2O2/c1-24-19-5-4-14-2-3-16(10-17(14)11-19)20(23)21-12-18-13-22-8-6-15(18)7-9-22/h2-5,10-11,15,18H,6-9,12-13H2,1H3,(H,21,23). The Balaban J connectivity index is 1.45. The third-order valence-corrected chi connectivity index (χ3v) is 5.63. The van der Waals surface area contributed by atoms with Crippen molar-refractivity contribution in [3.8, 4) is 5.75 Å². The highest BCUT2D eigenvalue weighted by Gasteiger charge is 2.33. The van der Waals surface area contributed by atoms with Gasteiger partial charge in [0.2, 0.25) is 0 Å². The van der Waals surface area contributed by atoms with Gasteiger partial charge in [0.25, 0.3) is 5.91 Å². The molecule has 2 bridgehead atoms. The predicted octanol–water partition coefficient (Wildman–Crippen LogP) is 2.92. The van der Waals surface area contributed by atoms with Gasteiger partial charge in [-0.3, -0.25) is 4.79 Å². The summed E-state index contributed by atoms with van der Waals surface area (Å²) in [5, 5.41) is 5.30. The molecule has 4 heteroatoms. The number of hydrogen-bond acceptors (Lipinski definition) is 3. The van der Waals surface area contributed by atoms with E-state index in [-0.39, 0.29) is 5.91 Å². The van der Waals surface area contributed by atoms with E-state index < -0.39 is 0 Å². The summed E-state index contributed by atoms with van der Waals surface area (Å²) in [6.07, 6.45) is 2.58. The SMILES string of the molecule is COc1ccc2ccc(C(=O)NCC3CN4CCC3CC4)cc2c1. The highest BCUT2D eigenvalue weighted by molar-refractivity contribution is 5.98. The van der Waals surface area contributed by atoms with Crippen LogP contribution in [-0.4, -0.2) is 44.1 Å². The van der Waals surface area contributed by atoms with Crippen LogP contribution in [-0.2, 0) is 0 Å². The molecule has 24 heavy (non-hydrogen) atoms. The Morgan fingerprint density at radius 2 is 1.96 bits per heavy atom. The number of piperidine rings is 3. The summed E-state index contributed by atoms with van der Waals surface area (Å²) in [4.78, 5) is 15.1. The highest BCUT2D eigenvalue weighted by Crippen LogP contribution is 2.31. The minimum atomic E-state index is 0.0242. The van der Waals surface area contributed by atoms with Crippen molar-refractivity contribution in [3.05, 3.63) is 42.0 Å². The Hall–Kier alpha value is -2.07. The fraction of sp³-hybridized carbons (Fsp3) is 0.450. The normalized spacial score (nSPS) is 25.6. The van der Waals surface area contributed by atoms with E-state index >= 15 is 0 Å². The average molecular weight is 324 g/mol. The molecule has 0 spiro atoms. The molecular weight excluding hydrogens is 300 g/mol. The minimum absolute atomic E-state index is 0.0242. The fourth-order valence-electron chi connectivity index (χ4n) is 4.14. The van der Waals surface area contributed by atoms with Gasteiger partial charge in [0, 0.05) is 18.7 Å². The molecule has 0 aromatic heterocycles. The number of ether oxygens (including phenoxy) is 1. The van der Waals surface area contributed by atoms with Crippen molar-refractivity contribution < 1.29 is 9.53 Å². The number of carbonyl (C=O) groups excluding carboxylic acids is 1. The van der Waals surface area contributed by atoms with Gasteiger partial charge in [0.15, 0.2) is 0 Å². The molecule has 3 heterocycles. The number of fused-ring (bicyclic) bond motifs is 4. The number of carbonyl (C=O) groups is 1. The third kappa shape index (κ3) is 2.98. The molecule has 1 amide bonds. The lowest BCUT2D eigenvalue weighted by Gasteiger charge is -2.44. The molecular formula is C20H24N2O2. The molecule has 1 unspecified atom stereocenters. The van der Waals surface area contributed by atoms with Crippen LogP contribution in [0.3, 0.4) is 0 Å². The van der Waals surface area contributed by atoms with E-state index in [1.807, 2.05) is 36.4 Å². The second-order valence-corrected chi connectivity index (χ2v) is 7.04. The first kappa shape index (κ1) is 15.5. The van der Waals surface area contributed by atoms with E-state index in [2.05, 4.69) is 10.2 Å². The summed E-state index contributed by atoms with van der Waals surface area (Å²) in [5.41, 5.74) is 0.719. The smallest absolute Gasteiger partial charge is 0.251 e. The van der Waals surface area contributed by atoms with Gasteiger partial charge in [-0.25, -0.2) is 0 Å². The van der Waals surface area contributed by atoms with Gasteiger partial charge in [0.05, 0.1) is 7.11 Å². The van der Waals surface area contributed by atoms with E-state index in [4.69, 9.17) is 4.74 Å². The van der Waals surface area contributed by atoms with Crippen LogP contribution in [0.5, 0.6) is 5.75 Å². The number of nitrogens with one attached hydrogen (secondary N) is 1. The van der Waals surface area contributed by atoms with Crippen molar-refractivity contribution in [2.75, 3.05) is 33.3 Å². The first-order valence-electron chi connectivity index (χ1n) is 8.81. The van der Waals surface area contributed by atoms with Gasteiger partial charge in [-0.05, 0) is 72.8 Å². The second kappa shape index (κ2) is 6.44. The molecule has 0 aliphatic carbocycles. The maximum Gasteiger partial charge on any atom is 0.251 e. The number of methoxy groups -OCH3 is 1. The van der Waals surface area contributed by atoms with Crippen LogP contribution >= 0.6 is 0 Å². The van der Waals surface area contributed by atoms with Crippen molar-refractivity contribution in [3.63, 3.8) is 0 Å². The molecule has 5 rings (SSSR count). The quantitative estimate of drug-likeness (QED) is 0.940. The molecule has 3 aliphatic heterocycles. The summed E-state index contributed by atoms with van der Waals surface area (Å²) in [7, 11) is 1.66. The van der Waals surface area contributed by atoms with Crippen LogP contribution in [0.15, 0.2) is 36.4 Å². The van der Waals surface area contributed by atoms with Crippen molar-refractivity contribution in [2.24, 2.45) is 11.8 Å². The van der Waals surface area contributed by atoms with Crippen LogP contribution in [0.4, 0.5) is 0 Å². The summed E-state index contributed by atoms with van der Waals surface area (Å²) < 4.78 is 5.27. The average Bonchev–Trinajstić information content (AvgIpc) is 2.66. The van der Waals surface area contributed by atoms with Gasteiger partial charge in [-0.2, -0.15) is 0 Å². The number of hydrogen-bond donors (Lipinski definition) is 1. The molecule has 2 aromatic rings. The van der Waals surface area contributed by atoms with Crippen molar-refractivity contribution in [2.45, 2.75) is 12.8 Å². The first-order valence-corrected chi connectivity index (χ1v) is 8.81. The number of nitrogens with zero attached hydrogens (tertiary/aromatic N) is 1. The van der Waals surface area contributed by atoms with Crippen LogP contribution in [0, 0.1) is 11.8 Å². The van der Waals surface area contributed by atoms with Crippen LogP contribution in [0.2, 0.25) is 0 Å². The maximum absolute atomic E-state index is 12.5. The van der Waals surface area contributed by atoms with E-state index in [0.717, 1.165) is 41.1 Å². The summed E-state index contributed by atoms with van der Waals surface area (Å²) >= 11 is 0. The predicted molar refractivity (Wildman–Crippen MR) is 95.5 cm³/mol. The summed E-state index contributed by atoms with van der Waals surface area (Å²) in [6, 6.07) is 11.8. The molecule has 2 aromatic carbocycles. The molecule has 126 valence electrons. The molecule has 0 saturated carbocycles. The van der Waals surface area contributed by atoms with Gasteiger partial charge in [-0.15, -0.1) is 0 Å². The molecule has 3 saturated heterocycles. The lowest BCUT2D eigenvalue weighted by atomic mass is 9.79. The van der Waals surface area contributed by atoms with Crippen molar-refractivity contribution in [1.29, 1.82) is 0 Å². The zero-order chi connectivity index (χ0) is 16.5. The summed E-state index contributed by atoms with van der Waals surface area (Å²) in [5.74, 6) is 2.23. The fourth-order valence-corrected chi connectivity index (χ4v) is 4.14. The van der Waals surface area contributed by atoms with Crippen LogP contribution in [0.1, 0.15) is 23.2 Å². The molecule has 3 fully saturated rings. The van der Waals surface area contributed by atoms with E-state index in [1.165, 1.54) is 25.9 Å². The Bertz CT molecular complexity index is 750. The van der Waals surface area contributed by atoms with Crippen molar-refractivity contribution in [1.82, 2.24) is 10.2 Å². The summed E-state index contributed by atoms with van der Waals surface area (Å²) in [6.45, 7) is 4.40. The third-order valence-electron chi connectivity index (χ3n) is 5.63.